The van der Waals surface area contributed by atoms with Gasteiger partial charge in [-0.15, -0.1) is 0 Å². The minimum Gasteiger partial charge on any atom is -0.466 e. The minimum absolute atomic E-state index is 0.0335. The average Bonchev–Trinajstić information content (AvgIpc) is 2.35. The molecule has 1 fully saturated rings. The van der Waals surface area contributed by atoms with E-state index in [9.17, 15) is 4.79 Å². The lowest BCUT2D eigenvalue weighted by atomic mass is 10.1. The number of hydrogen-bond acceptors (Lipinski definition) is 4. The van der Waals surface area contributed by atoms with E-state index in [0.29, 0.717) is 25.6 Å². The van der Waals surface area contributed by atoms with Crippen molar-refractivity contribution in [2.75, 3.05) is 19.8 Å². The zero-order chi connectivity index (χ0) is 12.5. The SMILES string of the molecule is CCOC(=O)CC[C@@H](C)COC1CCCCO1. The summed E-state index contributed by atoms with van der Waals surface area (Å²) in [5, 5.41) is 0. The molecule has 0 aliphatic carbocycles. The third-order valence-corrected chi connectivity index (χ3v) is 2.85. The Morgan fingerprint density at radius 3 is 2.94 bits per heavy atom. The van der Waals surface area contributed by atoms with E-state index in [-0.39, 0.29) is 12.3 Å². The van der Waals surface area contributed by atoms with E-state index in [0.717, 1.165) is 25.9 Å². The molecule has 100 valence electrons. The van der Waals surface area contributed by atoms with Crippen molar-refractivity contribution in [3.8, 4) is 0 Å². The third-order valence-electron chi connectivity index (χ3n) is 2.85. The molecule has 1 aliphatic rings. The van der Waals surface area contributed by atoms with Gasteiger partial charge in [0, 0.05) is 13.0 Å². The summed E-state index contributed by atoms with van der Waals surface area (Å²) in [6.45, 7) is 5.83. The molecule has 1 aliphatic heterocycles. The van der Waals surface area contributed by atoms with Gasteiger partial charge in [-0.2, -0.15) is 0 Å². The highest BCUT2D eigenvalue weighted by Gasteiger charge is 2.15. The molecule has 1 unspecified atom stereocenters. The van der Waals surface area contributed by atoms with Crippen molar-refractivity contribution < 1.29 is 19.0 Å². The number of rotatable bonds is 7. The van der Waals surface area contributed by atoms with Crippen molar-refractivity contribution in [1.29, 1.82) is 0 Å². The summed E-state index contributed by atoms with van der Waals surface area (Å²) in [5.74, 6) is 0.248. The van der Waals surface area contributed by atoms with Gasteiger partial charge in [0.05, 0.1) is 13.2 Å². The molecular weight excluding hydrogens is 220 g/mol. The number of carbonyl (C=O) groups is 1. The fourth-order valence-electron chi connectivity index (χ4n) is 1.79. The lowest BCUT2D eigenvalue weighted by Gasteiger charge is -2.24. The standard InChI is InChI=1S/C13H24O4/c1-3-15-12(14)8-7-11(2)10-17-13-6-4-5-9-16-13/h11,13H,3-10H2,1-2H3/t11-,13?/m1/s1. The van der Waals surface area contributed by atoms with Gasteiger partial charge in [-0.3, -0.25) is 4.79 Å². The molecule has 0 aromatic rings. The summed E-state index contributed by atoms with van der Waals surface area (Å²) in [5.41, 5.74) is 0. The van der Waals surface area contributed by atoms with E-state index in [1.54, 1.807) is 0 Å². The summed E-state index contributed by atoms with van der Waals surface area (Å²) in [6, 6.07) is 0. The van der Waals surface area contributed by atoms with Crippen LogP contribution in [-0.2, 0) is 19.0 Å². The van der Waals surface area contributed by atoms with Crippen LogP contribution in [-0.4, -0.2) is 32.1 Å². The Balaban J connectivity index is 2.03. The van der Waals surface area contributed by atoms with E-state index in [1.807, 2.05) is 6.92 Å². The van der Waals surface area contributed by atoms with Crippen LogP contribution in [0.4, 0.5) is 0 Å². The molecule has 17 heavy (non-hydrogen) atoms. The highest BCUT2D eigenvalue weighted by molar-refractivity contribution is 5.69. The average molecular weight is 244 g/mol. The minimum atomic E-state index is -0.117. The molecule has 0 bridgehead atoms. The smallest absolute Gasteiger partial charge is 0.305 e. The van der Waals surface area contributed by atoms with E-state index in [1.165, 1.54) is 6.42 Å². The largest absolute Gasteiger partial charge is 0.466 e. The van der Waals surface area contributed by atoms with Crippen LogP contribution in [0.15, 0.2) is 0 Å². The molecule has 2 atom stereocenters. The Hall–Kier alpha value is -0.610. The summed E-state index contributed by atoms with van der Waals surface area (Å²) in [4.78, 5) is 11.2. The Morgan fingerprint density at radius 1 is 1.47 bits per heavy atom. The van der Waals surface area contributed by atoms with Gasteiger partial charge in [-0.05, 0) is 38.5 Å². The molecule has 0 amide bonds. The van der Waals surface area contributed by atoms with Crippen molar-refractivity contribution in [1.82, 2.24) is 0 Å². The van der Waals surface area contributed by atoms with Crippen LogP contribution >= 0.6 is 0 Å². The van der Waals surface area contributed by atoms with Crippen molar-refractivity contribution in [3.63, 3.8) is 0 Å². The normalized spacial score (nSPS) is 22.1. The van der Waals surface area contributed by atoms with E-state index in [4.69, 9.17) is 14.2 Å². The first-order valence-corrected chi connectivity index (χ1v) is 6.61. The maximum Gasteiger partial charge on any atom is 0.305 e. The lowest BCUT2D eigenvalue weighted by Crippen LogP contribution is -2.24. The Labute approximate surface area is 104 Å². The van der Waals surface area contributed by atoms with Crippen molar-refractivity contribution in [2.45, 2.75) is 52.2 Å². The van der Waals surface area contributed by atoms with E-state index >= 15 is 0 Å². The van der Waals surface area contributed by atoms with E-state index < -0.39 is 0 Å². The van der Waals surface area contributed by atoms with Crippen LogP contribution in [0.5, 0.6) is 0 Å². The van der Waals surface area contributed by atoms with E-state index in [2.05, 4.69) is 6.92 Å². The zero-order valence-electron chi connectivity index (χ0n) is 10.9. The van der Waals surface area contributed by atoms with Crippen LogP contribution in [0.25, 0.3) is 0 Å². The van der Waals surface area contributed by atoms with Gasteiger partial charge in [0.2, 0.25) is 0 Å². The summed E-state index contributed by atoms with van der Waals surface area (Å²) < 4.78 is 16.0. The predicted octanol–water partition coefficient (Wildman–Crippen LogP) is 2.51. The summed E-state index contributed by atoms with van der Waals surface area (Å²) in [6.07, 6.45) is 4.56. The first kappa shape index (κ1) is 14.5. The number of hydrogen-bond donors (Lipinski definition) is 0. The highest BCUT2D eigenvalue weighted by atomic mass is 16.7. The molecule has 0 N–H and O–H groups in total. The lowest BCUT2D eigenvalue weighted by molar-refractivity contribution is -0.168. The zero-order valence-corrected chi connectivity index (χ0v) is 10.9. The maximum atomic E-state index is 11.2. The number of esters is 1. The molecular formula is C13H24O4. The second kappa shape index (κ2) is 8.48. The summed E-state index contributed by atoms with van der Waals surface area (Å²) >= 11 is 0. The molecule has 1 rings (SSSR count). The van der Waals surface area contributed by atoms with Crippen LogP contribution in [0, 0.1) is 5.92 Å². The van der Waals surface area contributed by atoms with Crippen molar-refractivity contribution in [2.24, 2.45) is 5.92 Å². The van der Waals surface area contributed by atoms with Crippen molar-refractivity contribution >= 4 is 5.97 Å². The maximum absolute atomic E-state index is 11.2. The topological polar surface area (TPSA) is 44.8 Å². The molecule has 1 heterocycles. The fraction of sp³-hybridized carbons (Fsp3) is 0.923. The van der Waals surface area contributed by atoms with Crippen molar-refractivity contribution in [3.05, 3.63) is 0 Å². The van der Waals surface area contributed by atoms with Crippen LogP contribution in [0.1, 0.15) is 46.0 Å². The molecule has 4 nitrogen and oxygen atoms in total. The Kier molecular flexibility index (Phi) is 7.21. The van der Waals surface area contributed by atoms with Crippen LogP contribution in [0.2, 0.25) is 0 Å². The first-order valence-electron chi connectivity index (χ1n) is 6.61. The van der Waals surface area contributed by atoms with Crippen LogP contribution in [0.3, 0.4) is 0 Å². The Morgan fingerprint density at radius 2 is 2.29 bits per heavy atom. The molecule has 4 heteroatoms. The van der Waals surface area contributed by atoms with Gasteiger partial charge in [0.25, 0.3) is 0 Å². The van der Waals surface area contributed by atoms with Gasteiger partial charge in [0.1, 0.15) is 0 Å². The second-order valence-electron chi connectivity index (χ2n) is 4.58. The third kappa shape index (κ3) is 6.64. The molecule has 0 radical (unpaired) electrons. The molecule has 0 aromatic heterocycles. The molecule has 1 saturated heterocycles. The first-order chi connectivity index (χ1) is 8.22. The van der Waals surface area contributed by atoms with Gasteiger partial charge in [-0.1, -0.05) is 6.92 Å². The highest BCUT2D eigenvalue weighted by Crippen LogP contribution is 2.16. The van der Waals surface area contributed by atoms with Crippen LogP contribution < -0.4 is 0 Å². The predicted molar refractivity (Wildman–Crippen MR) is 64.6 cm³/mol. The quantitative estimate of drug-likeness (QED) is 0.645. The second-order valence-corrected chi connectivity index (χ2v) is 4.58. The van der Waals surface area contributed by atoms with Gasteiger partial charge >= 0.3 is 5.97 Å². The molecule has 0 aromatic carbocycles. The van der Waals surface area contributed by atoms with Gasteiger partial charge < -0.3 is 14.2 Å². The molecule has 0 spiro atoms. The number of ether oxygens (including phenoxy) is 3. The Bertz CT molecular complexity index is 211. The monoisotopic (exact) mass is 244 g/mol. The summed E-state index contributed by atoms with van der Waals surface area (Å²) in [7, 11) is 0. The number of carbonyl (C=O) groups excluding carboxylic acids is 1. The van der Waals surface area contributed by atoms with Gasteiger partial charge in [0.15, 0.2) is 6.29 Å². The van der Waals surface area contributed by atoms with Gasteiger partial charge in [-0.25, -0.2) is 0 Å². The molecule has 0 saturated carbocycles. The fourth-order valence-corrected chi connectivity index (χ4v) is 1.79.